The van der Waals surface area contributed by atoms with E-state index in [2.05, 4.69) is 4.72 Å². The van der Waals surface area contributed by atoms with Crippen LogP contribution in [0, 0.1) is 5.92 Å². The molecule has 0 radical (unpaired) electrons. The van der Waals surface area contributed by atoms with Crippen LogP contribution in [-0.4, -0.2) is 19.3 Å². The molecule has 0 amide bonds. The van der Waals surface area contributed by atoms with Crippen LogP contribution in [0.2, 0.25) is 0 Å². The second kappa shape index (κ2) is 6.14. The number of hydrogen-bond acceptors (Lipinski definition) is 3. The lowest BCUT2D eigenvalue weighted by atomic mass is 10.1. The fourth-order valence-corrected chi connectivity index (χ4v) is 2.84. The Morgan fingerprint density at radius 1 is 1.18 bits per heavy atom. The summed E-state index contributed by atoms with van der Waals surface area (Å²) in [5, 5.41) is 8.88. The highest BCUT2D eigenvalue weighted by atomic mass is 32.2. The third-order valence-corrected chi connectivity index (χ3v) is 3.94. The maximum atomic E-state index is 11.6. The summed E-state index contributed by atoms with van der Waals surface area (Å²) >= 11 is 0. The lowest BCUT2D eigenvalue weighted by Gasteiger charge is -2.09. The van der Waals surface area contributed by atoms with Crippen molar-refractivity contribution in [2.75, 3.05) is 5.75 Å². The second-order valence-electron chi connectivity index (χ2n) is 4.47. The van der Waals surface area contributed by atoms with E-state index in [0.29, 0.717) is 6.54 Å². The molecule has 1 aromatic rings. The molecule has 0 aromatic heterocycles. The molecule has 0 aliphatic carbocycles. The van der Waals surface area contributed by atoms with Crippen LogP contribution >= 0.6 is 0 Å². The number of sulfonamides is 1. The topological polar surface area (TPSA) is 66.4 Å². The van der Waals surface area contributed by atoms with Gasteiger partial charge >= 0.3 is 0 Å². The SMILES string of the molecule is CC(C)CS(=O)(=O)NCc1ccc(CO)cc1. The fraction of sp³-hybridized carbons (Fsp3) is 0.500. The predicted octanol–water partition coefficient (Wildman–Crippen LogP) is 1.25. The highest BCUT2D eigenvalue weighted by Gasteiger charge is 2.11. The summed E-state index contributed by atoms with van der Waals surface area (Å²) in [5.74, 6) is 0.256. The molecule has 0 heterocycles. The van der Waals surface area contributed by atoms with Gasteiger partial charge in [-0.25, -0.2) is 13.1 Å². The maximum Gasteiger partial charge on any atom is 0.212 e. The summed E-state index contributed by atoms with van der Waals surface area (Å²) in [6.45, 7) is 4.03. The van der Waals surface area contributed by atoms with Crippen molar-refractivity contribution in [2.45, 2.75) is 27.0 Å². The minimum Gasteiger partial charge on any atom is -0.392 e. The van der Waals surface area contributed by atoms with Crippen LogP contribution in [-0.2, 0) is 23.2 Å². The molecule has 2 N–H and O–H groups in total. The van der Waals surface area contributed by atoms with Gasteiger partial charge in [0.15, 0.2) is 0 Å². The average molecular weight is 257 g/mol. The Balaban J connectivity index is 2.55. The zero-order chi connectivity index (χ0) is 12.9. The second-order valence-corrected chi connectivity index (χ2v) is 6.32. The van der Waals surface area contributed by atoms with Gasteiger partial charge in [0, 0.05) is 6.54 Å². The van der Waals surface area contributed by atoms with E-state index < -0.39 is 10.0 Å². The number of hydrogen-bond donors (Lipinski definition) is 2. The first-order valence-electron chi connectivity index (χ1n) is 5.59. The molecule has 0 aliphatic rings. The largest absolute Gasteiger partial charge is 0.392 e. The van der Waals surface area contributed by atoms with Crippen LogP contribution < -0.4 is 4.72 Å². The van der Waals surface area contributed by atoms with Crippen molar-refractivity contribution in [1.82, 2.24) is 4.72 Å². The lowest BCUT2D eigenvalue weighted by molar-refractivity contribution is 0.282. The standard InChI is InChI=1S/C12H19NO3S/c1-10(2)9-17(15,16)13-7-11-3-5-12(8-14)6-4-11/h3-6,10,13-14H,7-9H2,1-2H3. The molecule has 17 heavy (non-hydrogen) atoms. The molecule has 1 rings (SSSR count). The molecule has 0 saturated carbocycles. The van der Waals surface area contributed by atoms with Crippen LogP contribution in [0.25, 0.3) is 0 Å². The summed E-state index contributed by atoms with van der Waals surface area (Å²) in [6.07, 6.45) is 0. The van der Waals surface area contributed by atoms with Crippen molar-refractivity contribution in [3.63, 3.8) is 0 Å². The van der Waals surface area contributed by atoms with E-state index in [1.165, 1.54) is 0 Å². The molecule has 0 unspecified atom stereocenters. The maximum absolute atomic E-state index is 11.6. The zero-order valence-corrected chi connectivity index (χ0v) is 11.0. The first kappa shape index (κ1) is 14.2. The fourth-order valence-electron chi connectivity index (χ4n) is 1.45. The van der Waals surface area contributed by atoms with E-state index >= 15 is 0 Å². The molecule has 0 atom stereocenters. The Labute approximate surface area is 103 Å². The van der Waals surface area contributed by atoms with Crippen molar-refractivity contribution in [2.24, 2.45) is 5.92 Å². The molecular weight excluding hydrogens is 238 g/mol. The quantitative estimate of drug-likeness (QED) is 0.806. The number of aliphatic hydroxyl groups is 1. The van der Waals surface area contributed by atoms with E-state index in [9.17, 15) is 8.42 Å². The summed E-state index contributed by atoms with van der Waals surface area (Å²) in [5.41, 5.74) is 1.70. The van der Waals surface area contributed by atoms with Crippen LogP contribution in [0.5, 0.6) is 0 Å². The van der Waals surface area contributed by atoms with Crippen molar-refractivity contribution in [1.29, 1.82) is 0 Å². The highest BCUT2D eigenvalue weighted by Crippen LogP contribution is 2.05. The summed E-state index contributed by atoms with van der Waals surface area (Å²) in [4.78, 5) is 0. The van der Waals surface area contributed by atoms with Crippen LogP contribution in [0.15, 0.2) is 24.3 Å². The monoisotopic (exact) mass is 257 g/mol. The molecule has 0 bridgehead atoms. The van der Waals surface area contributed by atoms with Gasteiger partial charge in [-0.05, 0) is 17.0 Å². The van der Waals surface area contributed by atoms with Gasteiger partial charge in [0.2, 0.25) is 10.0 Å². The number of nitrogens with one attached hydrogen (secondary N) is 1. The Bertz CT molecular complexity index is 437. The van der Waals surface area contributed by atoms with Gasteiger partial charge in [-0.2, -0.15) is 0 Å². The third-order valence-electron chi connectivity index (χ3n) is 2.25. The predicted molar refractivity (Wildman–Crippen MR) is 67.8 cm³/mol. The molecule has 0 saturated heterocycles. The van der Waals surface area contributed by atoms with E-state index in [-0.39, 0.29) is 18.3 Å². The average Bonchev–Trinajstić information content (AvgIpc) is 2.25. The normalized spacial score (nSPS) is 12.0. The van der Waals surface area contributed by atoms with E-state index in [4.69, 9.17) is 5.11 Å². The van der Waals surface area contributed by atoms with Crippen molar-refractivity contribution >= 4 is 10.0 Å². The molecule has 0 fully saturated rings. The Morgan fingerprint density at radius 2 is 1.71 bits per heavy atom. The summed E-state index contributed by atoms with van der Waals surface area (Å²) < 4.78 is 25.7. The molecule has 1 aromatic carbocycles. The van der Waals surface area contributed by atoms with Gasteiger partial charge in [-0.15, -0.1) is 0 Å². The molecular formula is C12H19NO3S. The number of rotatable bonds is 6. The van der Waals surface area contributed by atoms with Crippen molar-refractivity contribution < 1.29 is 13.5 Å². The van der Waals surface area contributed by atoms with Gasteiger partial charge in [0.1, 0.15) is 0 Å². The van der Waals surface area contributed by atoms with Gasteiger partial charge in [-0.1, -0.05) is 38.1 Å². The molecule has 5 heteroatoms. The lowest BCUT2D eigenvalue weighted by Crippen LogP contribution is -2.28. The Hall–Kier alpha value is -0.910. The van der Waals surface area contributed by atoms with E-state index in [0.717, 1.165) is 11.1 Å². The highest BCUT2D eigenvalue weighted by molar-refractivity contribution is 7.89. The van der Waals surface area contributed by atoms with Crippen LogP contribution in [0.4, 0.5) is 0 Å². The minimum atomic E-state index is -3.19. The summed E-state index contributed by atoms with van der Waals surface area (Å²) in [7, 11) is -3.19. The Kier molecular flexibility index (Phi) is 5.11. The van der Waals surface area contributed by atoms with Crippen molar-refractivity contribution in [3.05, 3.63) is 35.4 Å². The minimum absolute atomic E-state index is 0.000638. The van der Waals surface area contributed by atoms with E-state index in [1.54, 1.807) is 12.1 Å². The number of benzene rings is 1. The van der Waals surface area contributed by atoms with Gasteiger partial charge in [0.25, 0.3) is 0 Å². The van der Waals surface area contributed by atoms with Gasteiger partial charge in [-0.3, -0.25) is 0 Å². The Morgan fingerprint density at radius 3 is 2.18 bits per heavy atom. The smallest absolute Gasteiger partial charge is 0.212 e. The molecule has 0 spiro atoms. The summed E-state index contributed by atoms with van der Waals surface area (Å²) in [6, 6.07) is 7.19. The zero-order valence-electron chi connectivity index (χ0n) is 10.2. The number of aliphatic hydroxyl groups excluding tert-OH is 1. The van der Waals surface area contributed by atoms with E-state index in [1.807, 2.05) is 26.0 Å². The van der Waals surface area contributed by atoms with Crippen molar-refractivity contribution in [3.8, 4) is 0 Å². The van der Waals surface area contributed by atoms with Gasteiger partial charge < -0.3 is 5.11 Å². The first-order chi connectivity index (χ1) is 7.93. The molecule has 96 valence electrons. The van der Waals surface area contributed by atoms with Crippen LogP contribution in [0.3, 0.4) is 0 Å². The van der Waals surface area contributed by atoms with Crippen LogP contribution in [0.1, 0.15) is 25.0 Å². The third kappa shape index (κ3) is 5.30. The molecule has 4 nitrogen and oxygen atoms in total. The molecule has 0 aliphatic heterocycles. The van der Waals surface area contributed by atoms with Gasteiger partial charge in [0.05, 0.1) is 12.4 Å². The first-order valence-corrected chi connectivity index (χ1v) is 7.24.